The summed E-state index contributed by atoms with van der Waals surface area (Å²) in [6.07, 6.45) is 20.1. The number of phenols is 1. The number of carbonyl (C=O) groups is 3. The highest BCUT2D eigenvalue weighted by Crippen LogP contribution is 2.77. The van der Waals surface area contributed by atoms with Crippen LogP contribution in [0, 0.1) is 56.7 Å². The minimum absolute atomic E-state index is 0.0293. The van der Waals surface area contributed by atoms with Crippen LogP contribution in [0.25, 0.3) is 6.08 Å². The lowest BCUT2D eigenvalue weighted by molar-refractivity contribution is -0.251. The third-order valence-corrected chi connectivity index (χ3v) is 17.3. The minimum Gasteiger partial charge on any atom is -0.508 e. The van der Waals surface area contributed by atoms with Gasteiger partial charge in [-0.1, -0.05) is 78.2 Å². The van der Waals surface area contributed by atoms with Gasteiger partial charge in [0.2, 0.25) is 0 Å². The molecule has 0 heterocycles. The molecule has 5 aliphatic rings. The molecule has 0 spiro atoms. The van der Waals surface area contributed by atoms with Gasteiger partial charge < -0.3 is 19.3 Å². The van der Waals surface area contributed by atoms with Crippen LogP contribution in [-0.4, -0.2) is 42.3 Å². The van der Waals surface area contributed by atoms with Crippen LogP contribution in [0.15, 0.2) is 42.5 Å². The highest BCUT2D eigenvalue weighted by Gasteiger charge is 2.71. The van der Waals surface area contributed by atoms with Crippen LogP contribution in [0.5, 0.6) is 5.75 Å². The molecule has 6 rings (SSSR count). The van der Waals surface area contributed by atoms with E-state index < -0.39 is 0 Å². The molecule has 1 aromatic carbocycles. The fraction of sp³-hybridized carbons (Fsp3) is 0.740. The van der Waals surface area contributed by atoms with Gasteiger partial charge >= 0.3 is 17.9 Å². The summed E-state index contributed by atoms with van der Waals surface area (Å²) in [7, 11) is 0. The third-order valence-electron chi connectivity index (χ3n) is 17.3. The van der Waals surface area contributed by atoms with E-state index in [-0.39, 0.29) is 56.8 Å². The van der Waals surface area contributed by atoms with Crippen molar-refractivity contribution in [1.29, 1.82) is 0 Å². The first-order chi connectivity index (χ1) is 27.0. The van der Waals surface area contributed by atoms with Crippen LogP contribution < -0.4 is 0 Å². The lowest BCUT2D eigenvalue weighted by Gasteiger charge is -2.73. The molecule has 0 bridgehead atoms. The van der Waals surface area contributed by atoms with Crippen molar-refractivity contribution in [3.8, 4) is 5.75 Å². The Morgan fingerprint density at radius 3 is 2.11 bits per heavy atom. The van der Waals surface area contributed by atoms with Crippen molar-refractivity contribution in [1.82, 2.24) is 0 Å². The molecule has 7 heteroatoms. The molecule has 316 valence electrons. The van der Waals surface area contributed by atoms with Gasteiger partial charge in [0.25, 0.3) is 0 Å². The molecular weight excluding hydrogens is 713 g/mol. The molecule has 1 N–H and O–H groups in total. The molecule has 0 radical (unpaired) electrons. The Kier molecular flexibility index (Phi) is 13.2. The quantitative estimate of drug-likeness (QED) is 0.0621. The van der Waals surface area contributed by atoms with E-state index in [0.717, 1.165) is 76.2 Å². The summed E-state index contributed by atoms with van der Waals surface area (Å²) in [5.74, 6) is 2.36. The number of aromatic hydroxyl groups is 1. The Labute approximate surface area is 344 Å². The number of rotatable bonds is 15. The first-order valence-corrected chi connectivity index (χ1v) is 22.6. The van der Waals surface area contributed by atoms with Crippen molar-refractivity contribution in [2.45, 2.75) is 164 Å². The zero-order chi connectivity index (χ0) is 41.2. The summed E-state index contributed by atoms with van der Waals surface area (Å²) < 4.78 is 17.5. The lowest BCUT2D eigenvalue weighted by atomic mass is 9.32. The monoisotopic (exact) mass is 787 g/mol. The average molecular weight is 787 g/mol. The number of carbonyl (C=O) groups excluding carboxylic acids is 3. The maximum atomic E-state index is 13.2. The molecule has 0 saturated heterocycles. The first kappa shape index (κ1) is 43.5. The summed E-state index contributed by atoms with van der Waals surface area (Å²) in [6.45, 7) is 22.2. The van der Waals surface area contributed by atoms with Crippen LogP contribution in [0.2, 0.25) is 0 Å². The van der Waals surface area contributed by atoms with Crippen LogP contribution in [0.4, 0.5) is 0 Å². The van der Waals surface area contributed by atoms with Gasteiger partial charge in [0.1, 0.15) is 11.9 Å². The fourth-order valence-corrected chi connectivity index (χ4v) is 14.3. The van der Waals surface area contributed by atoms with Crippen molar-refractivity contribution in [2.24, 2.45) is 56.7 Å². The first-order valence-electron chi connectivity index (χ1n) is 22.6. The summed E-state index contributed by atoms with van der Waals surface area (Å²) >= 11 is 0. The van der Waals surface area contributed by atoms with Crippen molar-refractivity contribution in [3.63, 3.8) is 0 Å². The van der Waals surface area contributed by atoms with Crippen LogP contribution in [0.1, 0.15) is 163 Å². The second-order valence-corrected chi connectivity index (χ2v) is 20.5. The number of phenolic OH excluding ortho intramolecular Hbond substituents is 1. The topological polar surface area (TPSA) is 99.1 Å². The van der Waals surface area contributed by atoms with E-state index in [1.54, 1.807) is 30.3 Å². The number of hydrogen-bond donors (Lipinski definition) is 1. The Morgan fingerprint density at radius 2 is 1.44 bits per heavy atom. The molecule has 0 amide bonds. The number of hydrogen-bond acceptors (Lipinski definition) is 7. The lowest BCUT2D eigenvalue weighted by Crippen LogP contribution is -2.67. The summed E-state index contributed by atoms with van der Waals surface area (Å²) in [5.41, 5.74) is 2.61. The molecule has 7 nitrogen and oxygen atoms in total. The van der Waals surface area contributed by atoms with Gasteiger partial charge in [-0.05, 0) is 161 Å². The predicted molar refractivity (Wildman–Crippen MR) is 226 cm³/mol. The third kappa shape index (κ3) is 8.38. The molecule has 5 aliphatic carbocycles. The molecule has 0 aromatic heterocycles. The molecule has 0 aliphatic heterocycles. The van der Waals surface area contributed by atoms with E-state index in [1.807, 2.05) is 6.92 Å². The molecule has 57 heavy (non-hydrogen) atoms. The number of benzene rings is 1. The fourth-order valence-electron chi connectivity index (χ4n) is 14.3. The Balaban J connectivity index is 1.10. The zero-order valence-electron chi connectivity index (χ0n) is 36.5. The molecule has 10 atom stereocenters. The van der Waals surface area contributed by atoms with Gasteiger partial charge in [0.05, 0.1) is 13.2 Å². The number of allylic oxidation sites excluding steroid dienone is 1. The molecular formula is C50H74O7. The van der Waals surface area contributed by atoms with Crippen LogP contribution in [0.3, 0.4) is 0 Å². The maximum Gasteiger partial charge on any atom is 0.331 e. The summed E-state index contributed by atoms with van der Waals surface area (Å²) in [4.78, 5) is 37.9. The van der Waals surface area contributed by atoms with Crippen molar-refractivity contribution >= 4 is 24.0 Å². The normalized spacial score (nSPS) is 36.6. The van der Waals surface area contributed by atoms with Gasteiger partial charge in [0, 0.05) is 29.7 Å². The van der Waals surface area contributed by atoms with Crippen molar-refractivity contribution < 1.29 is 33.7 Å². The Bertz CT molecular complexity index is 1640. The Hall–Kier alpha value is -3.09. The van der Waals surface area contributed by atoms with E-state index >= 15 is 0 Å². The van der Waals surface area contributed by atoms with Gasteiger partial charge in [-0.2, -0.15) is 0 Å². The molecule has 5 saturated carbocycles. The number of esters is 3. The van der Waals surface area contributed by atoms with E-state index in [0.29, 0.717) is 55.6 Å². The second kappa shape index (κ2) is 17.3. The van der Waals surface area contributed by atoms with Gasteiger partial charge in [-0.25, -0.2) is 4.79 Å². The van der Waals surface area contributed by atoms with Gasteiger partial charge in [-0.3, -0.25) is 9.59 Å². The van der Waals surface area contributed by atoms with E-state index in [1.165, 1.54) is 37.3 Å². The van der Waals surface area contributed by atoms with E-state index in [9.17, 15) is 19.5 Å². The van der Waals surface area contributed by atoms with E-state index in [2.05, 4.69) is 48.1 Å². The largest absolute Gasteiger partial charge is 0.508 e. The highest BCUT2D eigenvalue weighted by molar-refractivity contribution is 5.87. The maximum absolute atomic E-state index is 13.2. The standard InChI is InChI=1S/C50H74O7/c1-9-55-42(52)15-13-11-10-12-14-16-43(53)56-33-50-30-25-37(34(2)3)45(50)38-22-23-40-47(6)28-27-41(57-44(54)24-19-35-17-20-36(51)21-18-35)46(4,5)39(47)26-29-49(40,8)48(38,7)31-32-50/h17-21,24,37-41,45,51H,2,9-16,22-23,25-33H2,1,3-8H3/b24-19+/t37-,38+,39-,40+,41-,45+,47-,48+,49+,50+/m0/s1. The average Bonchev–Trinajstić information content (AvgIpc) is 3.55. The van der Waals surface area contributed by atoms with E-state index in [4.69, 9.17) is 14.2 Å². The predicted octanol–water partition coefficient (Wildman–Crippen LogP) is 11.8. The SMILES string of the molecule is C=C(C)[C@@H]1CC[C@]2(COC(=O)CCCCCCCC(=O)OCC)CC[C@]3(C)[C@H](CC[C@@H]4[C@@]5(C)CC[C@H](OC(=O)/C=C/c6ccc(O)cc6)C(C)(C)[C@@H]5CC[C@]43C)[C@@H]12. The van der Waals surface area contributed by atoms with Gasteiger partial charge in [-0.15, -0.1) is 0 Å². The molecule has 1 aromatic rings. The van der Waals surface area contributed by atoms with Crippen molar-refractivity contribution in [2.75, 3.05) is 13.2 Å². The summed E-state index contributed by atoms with van der Waals surface area (Å²) in [6, 6.07) is 6.83. The smallest absolute Gasteiger partial charge is 0.331 e. The van der Waals surface area contributed by atoms with Crippen molar-refractivity contribution in [3.05, 3.63) is 48.1 Å². The van der Waals surface area contributed by atoms with Crippen LogP contribution in [-0.2, 0) is 28.6 Å². The number of ether oxygens (including phenoxy) is 3. The number of unbranched alkanes of at least 4 members (excludes halogenated alkanes) is 4. The van der Waals surface area contributed by atoms with Gasteiger partial charge in [0.15, 0.2) is 0 Å². The molecule has 5 fully saturated rings. The Morgan fingerprint density at radius 1 is 0.772 bits per heavy atom. The zero-order valence-corrected chi connectivity index (χ0v) is 36.5. The van der Waals surface area contributed by atoms with Crippen LogP contribution >= 0.6 is 0 Å². The number of fused-ring (bicyclic) bond motifs is 7. The highest BCUT2D eigenvalue weighted by atomic mass is 16.5. The summed E-state index contributed by atoms with van der Waals surface area (Å²) in [5, 5.41) is 9.62. The second-order valence-electron chi connectivity index (χ2n) is 20.5. The molecule has 0 unspecified atom stereocenters. The minimum atomic E-state index is -0.294.